The third-order valence-electron chi connectivity index (χ3n) is 3.92. The van der Waals surface area contributed by atoms with Crippen molar-refractivity contribution in [3.05, 3.63) is 29.6 Å². The lowest BCUT2D eigenvalue weighted by molar-refractivity contribution is -0.137. The van der Waals surface area contributed by atoms with Gasteiger partial charge in [0.15, 0.2) is 0 Å². The molecular formula is C15H20FN3O4S. The van der Waals surface area contributed by atoms with Crippen LogP contribution in [-0.4, -0.2) is 62.8 Å². The van der Waals surface area contributed by atoms with Crippen molar-refractivity contribution in [1.82, 2.24) is 14.5 Å². The number of hydrogen-bond donors (Lipinski definition) is 1. The maximum atomic E-state index is 13.1. The molecule has 24 heavy (non-hydrogen) atoms. The summed E-state index contributed by atoms with van der Waals surface area (Å²) in [4.78, 5) is 26.5. The number of carbonyl (C=O) groups excluding carboxylic acids is 2. The lowest BCUT2D eigenvalue weighted by Crippen LogP contribution is -2.52. The van der Waals surface area contributed by atoms with E-state index in [4.69, 9.17) is 0 Å². The molecule has 2 rings (SSSR count). The zero-order chi connectivity index (χ0) is 17.9. The van der Waals surface area contributed by atoms with Crippen molar-refractivity contribution in [1.29, 1.82) is 0 Å². The summed E-state index contributed by atoms with van der Waals surface area (Å²) < 4.78 is 39.8. The number of halogens is 1. The summed E-state index contributed by atoms with van der Waals surface area (Å²) in [6.07, 6.45) is 0. The van der Waals surface area contributed by atoms with Crippen LogP contribution in [0.3, 0.4) is 0 Å². The third kappa shape index (κ3) is 4.30. The molecule has 0 aromatic heterocycles. The normalized spacial score (nSPS) is 15.5. The highest BCUT2D eigenvalue weighted by Gasteiger charge is 2.24. The van der Waals surface area contributed by atoms with E-state index in [1.807, 2.05) is 0 Å². The predicted molar refractivity (Wildman–Crippen MR) is 85.2 cm³/mol. The number of rotatable bonds is 4. The Morgan fingerprint density at radius 3 is 2.29 bits per heavy atom. The molecule has 0 spiro atoms. The molecular weight excluding hydrogens is 337 g/mol. The number of nitrogens with zero attached hydrogens (tertiary/aromatic N) is 2. The SMILES string of the molecule is CC(=O)N1CCN(C(=O)CNS(=O)(=O)c2ccc(F)cc2C)CC1. The van der Waals surface area contributed by atoms with Gasteiger partial charge in [-0.15, -0.1) is 0 Å². The second-order valence-electron chi connectivity index (χ2n) is 5.62. The first-order valence-corrected chi connectivity index (χ1v) is 8.98. The van der Waals surface area contributed by atoms with Crippen LogP contribution in [0.4, 0.5) is 4.39 Å². The van der Waals surface area contributed by atoms with Gasteiger partial charge in [0.05, 0.1) is 11.4 Å². The molecule has 2 amide bonds. The molecule has 132 valence electrons. The molecule has 1 heterocycles. The van der Waals surface area contributed by atoms with E-state index in [1.165, 1.54) is 24.8 Å². The Labute approximate surface area is 140 Å². The molecule has 0 saturated carbocycles. The van der Waals surface area contributed by atoms with Gasteiger partial charge in [-0.25, -0.2) is 17.5 Å². The summed E-state index contributed by atoms with van der Waals surface area (Å²) >= 11 is 0. The van der Waals surface area contributed by atoms with Gasteiger partial charge >= 0.3 is 0 Å². The van der Waals surface area contributed by atoms with Crippen molar-refractivity contribution >= 4 is 21.8 Å². The molecule has 1 saturated heterocycles. The highest BCUT2D eigenvalue weighted by atomic mass is 32.2. The molecule has 7 nitrogen and oxygen atoms in total. The topological polar surface area (TPSA) is 86.8 Å². The molecule has 1 aromatic carbocycles. The van der Waals surface area contributed by atoms with E-state index in [9.17, 15) is 22.4 Å². The number of sulfonamides is 1. The minimum Gasteiger partial charge on any atom is -0.339 e. The summed E-state index contributed by atoms with van der Waals surface area (Å²) in [6, 6.07) is 3.35. The molecule has 1 fully saturated rings. The van der Waals surface area contributed by atoms with Crippen molar-refractivity contribution in [3.8, 4) is 0 Å². The largest absolute Gasteiger partial charge is 0.339 e. The van der Waals surface area contributed by atoms with Crippen LogP contribution in [0.25, 0.3) is 0 Å². The minimum atomic E-state index is -3.89. The quantitative estimate of drug-likeness (QED) is 0.828. The fraction of sp³-hybridized carbons (Fsp3) is 0.467. The Kier molecular flexibility index (Phi) is 5.55. The van der Waals surface area contributed by atoms with Crippen LogP contribution in [0, 0.1) is 12.7 Å². The van der Waals surface area contributed by atoms with Gasteiger partial charge in [-0.3, -0.25) is 9.59 Å². The molecule has 1 N–H and O–H groups in total. The predicted octanol–water partition coefficient (Wildman–Crippen LogP) is 0.103. The number of carbonyl (C=O) groups is 2. The highest BCUT2D eigenvalue weighted by Crippen LogP contribution is 2.15. The number of amides is 2. The molecule has 9 heteroatoms. The Morgan fingerprint density at radius 1 is 1.17 bits per heavy atom. The highest BCUT2D eigenvalue weighted by molar-refractivity contribution is 7.89. The molecule has 0 bridgehead atoms. The van der Waals surface area contributed by atoms with E-state index in [-0.39, 0.29) is 28.8 Å². The second kappa shape index (κ2) is 7.27. The average molecular weight is 357 g/mol. The monoisotopic (exact) mass is 357 g/mol. The zero-order valence-electron chi connectivity index (χ0n) is 13.6. The van der Waals surface area contributed by atoms with Gasteiger partial charge < -0.3 is 9.80 Å². The van der Waals surface area contributed by atoms with Crippen LogP contribution < -0.4 is 4.72 Å². The molecule has 0 unspecified atom stereocenters. The van der Waals surface area contributed by atoms with Gasteiger partial charge in [-0.2, -0.15) is 0 Å². The van der Waals surface area contributed by atoms with Crippen LogP contribution >= 0.6 is 0 Å². The van der Waals surface area contributed by atoms with E-state index in [2.05, 4.69) is 4.72 Å². The molecule has 0 atom stereocenters. The van der Waals surface area contributed by atoms with Crippen LogP contribution in [0.5, 0.6) is 0 Å². The summed E-state index contributed by atoms with van der Waals surface area (Å²) in [5, 5.41) is 0. The fourth-order valence-corrected chi connectivity index (χ4v) is 3.73. The molecule has 1 aromatic rings. The first-order chi connectivity index (χ1) is 11.2. The maximum Gasteiger partial charge on any atom is 0.241 e. The van der Waals surface area contributed by atoms with Crippen molar-refractivity contribution in [3.63, 3.8) is 0 Å². The first-order valence-electron chi connectivity index (χ1n) is 7.50. The Hall–Kier alpha value is -2.00. The van der Waals surface area contributed by atoms with Gasteiger partial charge in [0.1, 0.15) is 5.82 Å². The Bertz CT molecular complexity index is 743. The van der Waals surface area contributed by atoms with Gasteiger partial charge in [-0.05, 0) is 30.7 Å². The van der Waals surface area contributed by atoms with Crippen LogP contribution in [0.15, 0.2) is 23.1 Å². The lowest BCUT2D eigenvalue weighted by Gasteiger charge is -2.34. The summed E-state index contributed by atoms with van der Waals surface area (Å²) in [5.41, 5.74) is 0.269. The summed E-state index contributed by atoms with van der Waals surface area (Å²) in [7, 11) is -3.89. The van der Waals surface area contributed by atoms with E-state index in [1.54, 1.807) is 4.90 Å². The first kappa shape index (κ1) is 18.3. The molecule has 0 aliphatic carbocycles. The van der Waals surface area contributed by atoms with E-state index in [0.717, 1.165) is 12.1 Å². The van der Waals surface area contributed by atoms with Crippen LogP contribution in [0.2, 0.25) is 0 Å². The van der Waals surface area contributed by atoms with Crippen molar-refractivity contribution in [2.45, 2.75) is 18.7 Å². The second-order valence-corrected chi connectivity index (χ2v) is 7.36. The Morgan fingerprint density at radius 2 is 1.75 bits per heavy atom. The lowest BCUT2D eigenvalue weighted by atomic mass is 10.2. The van der Waals surface area contributed by atoms with E-state index < -0.39 is 15.8 Å². The third-order valence-corrected chi connectivity index (χ3v) is 5.48. The average Bonchev–Trinajstić information content (AvgIpc) is 2.52. The summed E-state index contributed by atoms with van der Waals surface area (Å²) in [6.45, 7) is 4.19. The smallest absolute Gasteiger partial charge is 0.241 e. The minimum absolute atomic E-state index is 0.0467. The van der Waals surface area contributed by atoms with Gasteiger partial charge in [0, 0.05) is 33.1 Å². The van der Waals surface area contributed by atoms with E-state index >= 15 is 0 Å². The number of aryl methyl sites for hydroxylation is 1. The van der Waals surface area contributed by atoms with Gasteiger partial charge in [0.25, 0.3) is 0 Å². The van der Waals surface area contributed by atoms with Gasteiger partial charge in [-0.1, -0.05) is 0 Å². The number of hydrogen-bond acceptors (Lipinski definition) is 4. The zero-order valence-corrected chi connectivity index (χ0v) is 14.4. The molecule has 0 radical (unpaired) electrons. The number of piperazine rings is 1. The van der Waals surface area contributed by atoms with Crippen LogP contribution in [-0.2, 0) is 19.6 Å². The fourth-order valence-electron chi connectivity index (χ4n) is 2.53. The Balaban J connectivity index is 1.95. The summed E-state index contributed by atoms with van der Waals surface area (Å²) in [5.74, 6) is -0.929. The molecule has 1 aliphatic rings. The number of nitrogens with one attached hydrogen (secondary N) is 1. The van der Waals surface area contributed by atoms with Crippen molar-refractivity contribution < 1.29 is 22.4 Å². The van der Waals surface area contributed by atoms with Crippen LogP contribution in [0.1, 0.15) is 12.5 Å². The van der Waals surface area contributed by atoms with Crippen molar-refractivity contribution in [2.75, 3.05) is 32.7 Å². The van der Waals surface area contributed by atoms with Gasteiger partial charge in [0.2, 0.25) is 21.8 Å². The van der Waals surface area contributed by atoms with Crippen molar-refractivity contribution in [2.24, 2.45) is 0 Å². The number of benzene rings is 1. The maximum absolute atomic E-state index is 13.1. The standard InChI is InChI=1S/C15H20FN3O4S/c1-11-9-13(16)3-4-14(11)24(22,23)17-10-15(21)19-7-5-18(6-8-19)12(2)20/h3-4,9,17H,5-8,10H2,1-2H3. The van der Waals surface area contributed by atoms with E-state index in [0.29, 0.717) is 26.2 Å². The molecule has 1 aliphatic heterocycles.